The maximum Gasteiger partial charge on any atom is 0.185 e. The molecule has 0 radical (unpaired) electrons. The molecule has 0 aromatic carbocycles. The molecule has 0 aliphatic carbocycles. The third-order valence-electron chi connectivity index (χ3n) is 3.93. The molecule has 20 heavy (non-hydrogen) atoms. The average molecular weight is 296 g/mol. The van der Waals surface area contributed by atoms with E-state index in [1.807, 2.05) is 17.5 Å². The fraction of sp³-hybridized carbons (Fsp3) is 0.800. The van der Waals surface area contributed by atoms with E-state index in [1.54, 1.807) is 0 Å². The van der Waals surface area contributed by atoms with E-state index in [1.165, 1.54) is 43.8 Å². The van der Waals surface area contributed by atoms with E-state index in [0.717, 1.165) is 31.3 Å². The first kappa shape index (κ1) is 15.7. The SMILES string of the molecule is CCN(CC)c1ncc(CNCCN2CCCCC2)s1. The van der Waals surface area contributed by atoms with Gasteiger partial charge in [0.2, 0.25) is 0 Å². The largest absolute Gasteiger partial charge is 0.349 e. The Labute approximate surface area is 127 Å². The molecule has 0 bridgehead atoms. The molecule has 114 valence electrons. The van der Waals surface area contributed by atoms with Crippen LogP contribution in [0.25, 0.3) is 0 Å². The Morgan fingerprint density at radius 1 is 1.25 bits per heavy atom. The number of aromatic nitrogens is 1. The number of rotatable bonds is 8. The normalized spacial score (nSPS) is 16.5. The summed E-state index contributed by atoms with van der Waals surface area (Å²) in [6, 6.07) is 0. The van der Waals surface area contributed by atoms with E-state index in [4.69, 9.17) is 0 Å². The van der Waals surface area contributed by atoms with Crippen LogP contribution in [0.1, 0.15) is 38.0 Å². The molecular formula is C15H28N4S. The molecule has 4 nitrogen and oxygen atoms in total. The molecule has 0 amide bonds. The number of hydrogen-bond donors (Lipinski definition) is 1. The van der Waals surface area contributed by atoms with Gasteiger partial charge in [0, 0.05) is 43.8 Å². The van der Waals surface area contributed by atoms with Crippen LogP contribution in [-0.2, 0) is 6.54 Å². The molecule has 0 spiro atoms. The number of anilines is 1. The van der Waals surface area contributed by atoms with Crippen LogP contribution < -0.4 is 10.2 Å². The van der Waals surface area contributed by atoms with E-state index >= 15 is 0 Å². The van der Waals surface area contributed by atoms with E-state index < -0.39 is 0 Å². The molecule has 2 heterocycles. The summed E-state index contributed by atoms with van der Waals surface area (Å²) in [5, 5.41) is 4.70. The maximum atomic E-state index is 4.52. The molecule has 1 N–H and O–H groups in total. The quantitative estimate of drug-likeness (QED) is 0.747. The number of nitrogens with zero attached hydrogens (tertiary/aromatic N) is 3. The summed E-state index contributed by atoms with van der Waals surface area (Å²) in [6.07, 6.45) is 6.19. The molecule has 1 saturated heterocycles. The maximum absolute atomic E-state index is 4.52. The molecule has 0 saturated carbocycles. The van der Waals surface area contributed by atoms with Crippen molar-refractivity contribution in [1.82, 2.24) is 15.2 Å². The highest BCUT2D eigenvalue weighted by Crippen LogP contribution is 2.21. The van der Waals surface area contributed by atoms with Crippen molar-refractivity contribution in [2.24, 2.45) is 0 Å². The second-order valence-corrected chi connectivity index (χ2v) is 6.45. The lowest BCUT2D eigenvalue weighted by Crippen LogP contribution is -2.35. The summed E-state index contributed by atoms with van der Waals surface area (Å²) >= 11 is 1.81. The Morgan fingerprint density at radius 2 is 2.00 bits per heavy atom. The number of piperidine rings is 1. The predicted molar refractivity (Wildman–Crippen MR) is 87.7 cm³/mol. The third kappa shape index (κ3) is 4.72. The zero-order chi connectivity index (χ0) is 14.2. The van der Waals surface area contributed by atoms with Gasteiger partial charge in [-0.05, 0) is 39.8 Å². The summed E-state index contributed by atoms with van der Waals surface area (Å²) in [5.74, 6) is 0. The molecule has 1 fully saturated rings. The first-order valence-corrected chi connectivity index (χ1v) is 8.77. The molecular weight excluding hydrogens is 268 g/mol. The van der Waals surface area contributed by atoms with Crippen LogP contribution in [-0.4, -0.2) is 49.2 Å². The molecule has 0 unspecified atom stereocenters. The van der Waals surface area contributed by atoms with Crippen LogP contribution in [0.2, 0.25) is 0 Å². The van der Waals surface area contributed by atoms with Crippen molar-refractivity contribution in [2.45, 2.75) is 39.7 Å². The molecule has 1 aliphatic heterocycles. The minimum atomic E-state index is 0.951. The minimum absolute atomic E-state index is 0.951. The van der Waals surface area contributed by atoms with Crippen molar-refractivity contribution in [2.75, 3.05) is 44.2 Å². The minimum Gasteiger partial charge on any atom is -0.349 e. The van der Waals surface area contributed by atoms with Crippen LogP contribution in [0.15, 0.2) is 6.20 Å². The molecule has 1 aromatic rings. The second-order valence-electron chi connectivity index (χ2n) is 5.36. The van der Waals surface area contributed by atoms with Crippen molar-refractivity contribution < 1.29 is 0 Å². The van der Waals surface area contributed by atoms with Gasteiger partial charge in [-0.15, -0.1) is 11.3 Å². The Morgan fingerprint density at radius 3 is 2.70 bits per heavy atom. The fourth-order valence-corrected chi connectivity index (χ4v) is 3.66. The van der Waals surface area contributed by atoms with Crippen LogP contribution >= 0.6 is 11.3 Å². The zero-order valence-corrected chi connectivity index (χ0v) is 13.7. The van der Waals surface area contributed by atoms with Gasteiger partial charge in [0.15, 0.2) is 5.13 Å². The van der Waals surface area contributed by atoms with Gasteiger partial charge in [-0.1, -0.05) is 6.42 Å². The molecule has 1 aliphatic rings. The van der Waals surface area contributed by atoms with Crippen LogP contribution in [0.4, 0.5) is 5.13 Å². The van der Waals surface area contributed by atoms with Gasteiger partial charge in [-0.25, -0.2) is 4.98 Å². The summed E-state index contributed by atoms with van der Waals surface area (Å²) in [4.78, 5) is 10.7. The summed E-state index contributed by atoms with van der Waals surface area (Å²) in [7, 11) is 0. The van der Waals surface area contributed by atoms with Crippen molar-refractivity contribution in [3.05, 3.63) is 11.1 Å². The van der Waals surface area contributed by atoms with Gasteiger partial charge in [0.1, 0.15) is 0 Å². The smallest absolute Gasteiger partial charge is 0.185 e. The monoisotopic (exact) mass is 296 g/mol. The van der Waals surface area contributed by atoms with Gasteiger partial charge < -0.3 is 15.1 Å². The predicted octanol–water partition coefficient (Wildman–Crippen LogP) is 2.56. The molecule has 1 aromatic heterocycles. The summed E-state index contributed by atoms with van der Waals surface area (Å²) in [6.45, 7) is 12.2. The fourth-order valence-electron chi connectivity index (χ4n) is 2.65. The lowest BCUT2D eigenvalue weighted by molar-refractivity contribution is 0.229. The van der Waals surface area contributed by atoms with Gasteiger partial charge in [-0.3, -0.25) is 0 Å². The molecule has 2 rings (SSSR count). The molecule has 5 heteroatoms. The van der Waals surface area contributed by atoms with Gasteiger partial charge in [-0.2, -0.15) is 0 Å². The highest BCUT2D eigenvalue weighted by atomic mass is 32.1. The Bertz CT molecular complexity index is 370. The summed E-state index contributed by atoms with van der Waals surface area (Å²) in [5.41, 5.74) is 0. The van der Waals surface area contributed by atoms with Gasteiger partial charge in [0.05, 0.1) is 0 Å². The number of hydrogen-bond acceptors (Lipinski definition) is 5. The van der Waals surface area contributed by atoms with Crippen molar-refractivity contribution in [1.29, 1.82) is 0 Å². The van der Waals surface area contributed by atoms with E-state index in [-0.39, 0.29) is 0 Å². The molecule has 0 atom stereocenters. The highest BCUT2D eigenvalue weighted by Gasteiger charge is 2.10. The standard InChI is InChI=1S/C15H28N4S/c1-3-19(4-2)15-17-13-14(20-15)12-16-8-11-18-9-6-5-7-10-18/h13,16H,3-12H2,1-2H3. The Balaban J connectivity index is 1.66. The third-order valence-corrected chi connectivity index (χ3v) is 4.99. The lowest BCUT2D eigenvalue weighted by atomic mass is 10.1. The second kappa shape index (κ2) is 8.60. The van der Waals surface area contributed by atoms with Gasteiger partial charge in [0.25, 0.3) is 0 Å². The topological polar surface area (TPSA) is 31.4 Å². The first-order valence-electron chi connectivity index (χ1n) is 7.96. The van der Waals surface area contributed by atoms with Crippen LogP contribution in [0, 0.1) is 0 Å². The Hall–Kier alpha value is -0.650. The van der Waals surface area contributed by atoms with E-state index in [0.29, 0.717) is 0 Å². The number of nitrogens with one attached hydrogen (secondary N) is 1. The van der Waals surface area contributed by atoms with E-state index in [9.17, 15) is 0 Å². The zero-order valence-electron chi connectivity index (χ0n) is 12.9. The lowest BCUT2D eigenvalue weighted by Gasteiger charge is -2.26. The number of likely N-dealkylation sites (tertiary alicyclic amines) is 1. The van der Waals surface area contributed by atoms with Gasteiger partial charge >= 0.3 is 0 Å². The van der Waals surface area contributed by atoms with Crippen molar-refractivity contribution in [3.8, 4) is 0 Å². The summed E-state index contributed by atoms with van der Waals surface area (Å²) < 4.78 is 0. The Kier molecular flexibility index (Phi) is 6.76. The van der Waals surface area contributed by atoms with Crippen molar-refractivity contribution >= 4 is 16.5 Å². The highest BCUT2D eigenvalue weighted by molar-refractivity contribution is 7.15. The van der Waals surface area contributed by atoms with E-state index in [2.05, 4.69) is 33.9 Å². The van der Waals surface area contributed by atoms with Crippen LogP contribution in [0.5, 0.6) is 0 Å². The van der Waals surface area contributed by atoms with Crippen molar-refractivity contribution in [3.63, 3.8) is 0 Å². The number of thiazole rings is 1. The van der Waals surface area contributed by atoms with Crippen LogP contribution in [0.3, 0.4) is 0 Å². The average Bonchev–Trinajstić information content (AvgIpc) is 2.95. The first-order chi connectivity index (χ1) is 9.83.